The minimum atomic E-state index is -0.861. The van der Waals surface area contributed by atoms with E-state index in [2.05, 4.69) is 128 Å². The Morgan fingerprint density at radius 2 is 1.14 bits per heavy atom. The molecule has 3 nitrogen and oxygen atoms in total. The first-order chi connectivity index (χ1) is 16.3. The van der Waals surface area contributed by atoms with Crippen molar-refractivity contribution >= 4 is 24.2 Å². The Hall–Kier alpha value is 0.621. The maximum absolute atomic E-state index is 5.05. The molecular formula is C30H62HfN3Si3-5. The Morgan fingerprint density at radius 1 is 0.757 bits per heavy atom. The molecule has 1 atom stereocenters. The quantitative estimate of drug-likeness (QED) is 0.194. The normalized spacial score (nSPS) is 15.1. The third kappa shape index (κ3) is 38.8. The summed E-state index contributed by atoms with van der Waals surface area (Å²) in [4.78, 5) is 2.36. The molecule has 0 aromatic heterocycles. The molecule has 0 bridgehead atoms. The number of rotatable bonds is 8. The largest absolute Gasteiger partial charge is 0.663 e. The average molecular weight is 728 g/mol. The van der Waals surface area contributed by atoms with Crippen LogP contribution in [0.1, 0.15) is 51.5 Å². The van der Waals surface area contributed by atoms with Gasteiger partial charge in [0.25, 0.3) is 0 Å². The van der Waals surface area contributed by atoms with Gasteiger partial charge >= 0.3 is 0 Å². The fourth-order valence-electron chi connectivity index (χ4n) is 3.00. The molecule has 0 radical (unpaired) electrons. The van der Waals surface area contributed by atoms with Crippen LogP contribution in [0.2, 0.25) is 58.9 Å². The second kappa shape index (κ2) is 22.3. The molecule has 1 aliphatic carbocycles. The van der Waals surface area contributed by atoms with Crippen molar-refractivity contribution < 1.29 is 25.8 Å². The third-order valence-electron chi connectivity index (χ3n) is 4.34. The van der Waals surface area contributed by atoms with E-state index < -0.39 is 24.2 Å². The van der Waals surface area contributed by atoms with Crippen LogP contribution >= 0.6 is 0 Å². The Bertz CT molecular complexity index is 569. The van der Waals surface area contributed by atoms with E-state index in [4.69, 9.17) is 10.6 Å². The molecule has 1 fully saturated rings. The molecule has 0 N–H and O–H groups in total. The van der Waals surface area contributed by atoms with E-state index in [-0.39, 0.29) is 32.1 Å². The van der Waals surface area contributed by atoms with Crippen molar-refractivity contribution in [3.8, 4) is 0 Å². The number of benzene rings is 1. The van der Waals surface area contributed by atoms with Crippen LogP contribution in [0.15, 0.2) is 30.3 Å². The molecule has 0 saturated heterocycles. The van der Waals surface area contributed by atoms with E-state index in [1.165, 1.54) is 37.7 Å². The minimum absolute atomic E-state index is 0. The van der Waals surface area contributed by atoms with Crippen molar-refractivity contribution in [3.63, 3.8) is 0 Å². The van der Waals surface area contributed by atoms with Gasteiger partial charge in [0.1, 0.15) is 0 Å². The summed E-state index contributed by atoms with van der Waals surface area (Å²) in [5.74, 6) is 0. The SMILES string of the molecule is CCN(CC)C([N-]Cc1ccccc1)[N-]C1CCCCC1.[CH2-][Si](C)(C)C.[CH2-][Si](C)(C)C.[CH2-][Si](C)(C)C.[Hf]. The summed E-state index contributed by atoms with van der Waals surface area (Å²) >= 11 is 0. The summed E-state index contributed by atoms with van der Waals surface area (Å²) in [7, 11) is -2.58. The molecule has 1 aromatic carbocycles. The maximum Gasteiger partial charge on any atom is 0 e. The summed E-state index contributed by atoms with van der Waals surface area (Å²) in [6.45, 7) is 38.8. The van der Waals surface area contributed by atoms with E-state index in [1.54, 1.807) is 0 Å². The summed E-state index contributed by atoms with van der Waals surface area (Å²) in [6.07, 6.45) is 6.57. The molecule has 1 aliphatic rings. The Labute approximate surface area is 256 Å². The second-order valence-electron chi connectivity index (χ2n) is 13.5. The third-order valence-corrected chi connectivity index (χ3v) is 4.34. The first kappa shape index (κ1) is 42.1. The van der Waals surface area contributed by atoms with Gasteiger partial charge in [-0.1, -0.05) is 141 Å². The predicted octanol–water partition coefficient (Wildman–Crippen LogP) is 9.98. The fourth-order valence-corrected chi connectivity index (χ4v) is 3.00. The Morgan fingerprint density at radius 3 is 1.49 bits per heavy atom. The van der Waals surface area contributed by atoms with Crippen LogP contribution in [0.4, 0.5) is 0 Å². The molecule has 0 spiro atoms. The van der Waals surface area contributed by atoms with Gasteiger partial charge in [0.05, 0.1) is 0 Å². The van der Waals surface area contributed by atoms with Gasteiger partial charge in [0.2, 0.25) is 0 Å². The van der Waals surface area contributed by atoms with Gasteiger partial charge in [-0.2, -0.15) is 6.29 Å². The molecule has 218 valence electrons. The van der Waals surface area contributed by atoms with E-state index >= 15 is 0 Å². The van der Waals surface area contributed by atoms with Crippen molar-refractivity contribution in [1.82, 2.24) is 4.90 Å². The summed E-state index contributed by atoms with van der Waals surface area (Å²) in [6, 6.07) is 11.0. The first-order valence-electron chi connectivity index (χ1n) is 14.0. The molecular weight excluding hydrogens is 665 g/mol. The second-order valence-corrected chi connectivity index (χ2v) is 28.9. The topological polar surface area (TPSA) is 31.4 Å². The number of hydrogen-bond donors (Lipinski definition) is 0. The minimum Gasteiger partial charge on any atom is -0.663 e. The smallest absolute Gasteiger partial charge is 0 e. The van der Waals surface area contributed by atoms with Crippen LogP contribution < -0.4 is 0 Å². The summed E-state index contributed by atoms with van der Waals surface area (Å²) in [5, 5.41) is 9.94. The van der Waals surface area contributed by atoms with Crippen molar-refractivity contribution in [2.75, 3.05) is 13.1 Å². The molecule has 0 aliphatic heterocycles. The zero-order chi connectivity index (χ0) is 28.4. The van der Waals surface area contributed by atoms with Crippen molar-refractivity contribution in [2.24, 2.45) is 0 Å². The predicted molar refractivity (Wildman–Crippen MR) is 177 cm³/mol. The van der Waals surface area contributed by atoms with Gasteiger partial charge in [0.15, 0.2) is 0 Å². The molecule has 1 saturated carbocycles. The zero-order valence-corrected chi connectivity index (χ0v) is 33.3. The molecule has 0 amide bonds. The molecule has 1 unspecified atom stereocenters. The maximum atomic E-state index is 5.05. The standard InChI is InChI=1S/C18H29N3.3C4H11Si.Hf/c1-3-21(4-2)18(20-17-13-9-6-10-14-17)19-15-16-11-7-5-8-12-16;3*1-5(2,3)4;/h5,7-8,11-12,17-18H,3-4,6,9-10,13-15H2,1-2H3;3*1H2,2-4H3;/q-2;3*-1;. The number of hydrogen-bond acceptors (Lipinski definition) is 1. The van der Waals surface area contributed by atoms with Crippen molar-refractivity contribution in [2.45, 2.75) is 124 Å². The zero-order valence-electron chi connectivity index (χ0n) is 26.7. The van der Waals surface area contributed by atoms with Crippen LogP contribution in [-0.2, 0) is 32.4 Å². The van der Waals surface area contributed by atoms with Crippen LogP contribution in [-0.4, -0.2) is 54.5 Å². The van der Waals surface area contributed by atoms with E-state index in [0.29, 0.717) is 6.04 Å². The van der Waals surface area contributed by atoms with Gasteiger partial charge in [-0.25, -0.2) is 0 Å². The van der Waals surface area contributed by atoms with Gasteiger partial charge in [-0.3, -0.25) is 0 Å². The van der Waals surface area contributed by atoms with E-state index in [1.807, 2.05) is 0 Å². The molecule has 7 heteroatoms. The van der Waals surface area contributed by atoms with E-state index in [9.17, 15) is 0 Å². The van der Waals surface area contributed by atoms with Gasteiger partial charge in [-0.05, 0) is 13.1 Å². The van der Waals surface area contributed by atoms with Crippen LogP contribution in [0.5, 0.6) is 0 Å². The van der Waals surface area contributed by atoms with Crippen molar-refractivity contribution in [1.29, 1.82) is 0 Å². The monoisotopic (exact) mass is 728 g/mol. The molecule has 0 heterocycles. The first-order valence-corrected chi connectivity index (χ1v) is 25.2. The van der Waals surface area contributed by atoms with Crippen LogP contribution in [0.25, 0.3) is 10.6 Å². The average Bonchev–Trinajstić information content (AvgIpc) is 2.70. The molecule has 37 heavy (non-hydrogen) atoms. The summed E-state index contributed by atoms with van der Waals surface area (Å²) < 4.78 is 0. The van der Waals surface area contributed by atoms with Crippen LogP contribution in [0.3, 0.4) is 0 Å². The van der Waals surface area contributed by atoms with Gasteiger partial charge < -0.3 is 35.2 Å². The van der Waals surface area contributed by atoms with E-state index in [0.717, 1.165) is 19.6 Å². The molecule has 2 rings (SSSR count). The Balaban J connectivity index is -0.000000595. The van der Waals surface area contributed by atoms with Crippen LogP contribution in [0, 0.1) is 19.6 Å². The fraction of sp³-hybridized carbons (Fsp3) is 0.700. The van der Waals surface area contributed by atoms with Gasteiger partial charge in [0, 0.05) is 25.8 Å². The summed E-state index contributed by atoms with van der Waals surface area (Å²) in [5.41, 5.74) is 1.27. The Kier molecular flexibility index (Phi) is 25.4. The van der Waals surface area contributed by atoms with Crippen molar-refractivity contribution in [3.05, 3.63) is 66.2 Å². The van der Waals surface area contributed by atoms with Gasteiger partial charge in [-0.15, -0.1) is 36.8 Å². The molecule has 1 aromatic rings. The number of nitrogens with zero attached hydrogens (tertiary/aromatic N) is 3.